The summed E-state index contributed by atoms with van der Waals surface area (Å²) >= 11 is 1.78. The first kappa shape index (κ1) is 12.6. The molecule has 90 valence electrons. The lowest BCUT2D eigenvalue weighted by molar-refractivity contribution is 1.61. The molecule has 0 bridgehead atoms. The highest BCUT2D eigenvalue weighted by Crippen LogP contribution is 2.33. The van der Waals surface area contributed by atoms with Crippen LogP contribution in [0, 0.1) is 0 Å². The predicted octanol–water partition coefficient (Wildman–Crippen LogP) is 5.60. The van der Waals surface area contributed by atoms with Crippen LogP contribution in [0.5, 0.6) is 0 Å². The molecular formula is C17H16S. The standard InChI is InChI=1S/C17H16S/c1-4-6-9-14(5-2)13(3)17-12-15-10-7-8-11-16(15)18-17/h4-12H,1,3H2,2H3/b9-6-,14-5+. The Hall–Kier alpha value is -1.86. The summed E-state index contributed by atoms with van der Waals surface area (Å²) in [5.41, 5.74) is 2.21. The highest BCUT2D eigenvalue weighted by Gasteiger charge is 2.06. The average Bonchev–Trinajstić information content (AvgIpc) is 2.83. The Balaban J connectivity index is 2.38. The third kappa shape index (κ3) is 2.52. The van der Waals surface area contributed by atoms with Gasteiger partial charge in [-0.2, -0.15) is 0 Å². The lowest BCUT2D eigenvalue weighted by atomic mass is 10.1. The summed E-state index contributed by atoms with van der Waals surface area (Å²) in [7, 11) is 0. The van der Waals surface area contributed by atoms with Crippen molar-refractivity contribution in [3.63, 3.8) is 0 Å². The maximum atomic E-state index is 4.20. The molecule has 0 aliphatic rings. The Morgan fingerprint density at radius 1 is 1.28 bits per heavy atom. The van der Waals surface area contributed by atoms with Gasteiger partial charge < -0.3 is 0 Å². The first-order valence-electron chi connectivity index (χ1n) is 5.90. The molecule has 2 rings (SSSR count). The van der Waals surface area contributed by atoms with Crippen LogP contribution >= 0.6 is 11.3 Å². The van der Waals surface area contributed by atoms with Gasteiger partial charge in [-0.15, -0.1) is 11.3 Å². The number of hydrogen-bond donors (Lipinski definition) is 0. The fraction of sp³-hybridized carbons (Fsp3) is 0.0588. The van der Waals surface area contributed by atoms with E-state index in [0.29, 0.717) is 0 Å². The van der Waals surface area contributed by atoms with Crippen molar-refractivity contribution < 1.29 is 0 Å². The molecule has 0 saturated carbocycles. The van der Waals surface area contributed by atoms with Crippen molar-refractivity contribution in [2.75, 3.05) is 0 Å². The third-order valence-electron chi connectivity index (χ3n) is 2.79. The van der Waals surface area contributed by atoms with E-state index in [1.165, 1.54) is 15.0 Å². The zero-order valence-electron chi connectivity index (χ0n) is 10.5. The van der Waals surface area contributed by atoms with Crippen molar-refractivity contribution in [3.8, 4) is 0 Å². The minimum atomic E-state index is 1.07. The van der Waals surface area contributed by atoms with E-state index < -0.39 is 0 Å². The van der Waals surface area contributed by atoms with Crippen molar-refractivity contribution in [3.05, 3.63) is 78.2 Å². The van der Waals surface area contributed by atoms with E-state index in [9.17, 15) is 0 Å². The molecule has 0 amide bonds. The molecule has 2 aromatic rings. The van der Waals surface area contributed by atoms with Gasteiger partial charge in [0.15, 0.2) is 0 Å². The molecule has 0 fully saturated rings. The highest BCUT2D eigenvalue weighted by atomic mass is 32.1. The minimum Gasteiger partial charge on any atom is -0.135 e. The monoisotopic (exact) mass is 252 g/mol. The molecule has 1 aromatic heterocycles. The van der Waals surface area contributed by atoms with Crippen molar-refractivity contribution in [1.82, 2.24) is 0 Å². The van der Waals surface area contributed by atoms with Crippen LogP contribution in [-0.2, 0) is 0 Å². The van der Waals surface area contributed by atoms with Crippen LogP contribution in [0.2, 0.25) is 0 Å². The Morgan fingerprint density at radius 2 is 2.06 bits per heavy atom. The molecule has 0 spiro atoms. The largest absolute Gasteiger partial charge is 0.135 e. The van der Waals surface area contributed by atoms with E-state index in [4.69, 9.17) is 0 Å². The van der Waals surface area contributed by atoms with E-state index in [1.54, 1.807) is 17.4 Å². The van der Waals surface area contributed by atoms with Crippen LogP contribution in [0.25, 0.3) is 15.7 Å². The van der Waals surface area contributed by atoms with Gasteiger partial charge in [0.25, 0.3) is 0 Å². The summed E-state index contributed by atoms with van der Waals surface area (Å²) in [6, 6.07) is 10.6. The number of benzene rings is 1. The van der Waals surface area contributed by atoms with Crippen molar-refractivity contribution in [1.29, 1.82) is 0 Å². The topological polar surface area (TPSA) is 0 Å². The van der Waals surface area contributed by atoms with Crippen molar-refractivity contribution >= 4 is 27.0 Å². The summed E-state index contributed by atoms with van der Waals surface area (Å²) < 4.78 is 1.30. The highest BCUT2D eigenvalue weighted by molar-refractivity contribution is 7.20. The third-order valence-corrected chi connectivity index (χ3v) is 3.97. The van der Waals surface area contributed by atoms with Crippen LogP contribution in [-0.4, -0.2) is 0 Å². The molecule has 1 aromatic carbocycles. The Bertz CT molecular complexity index is 605. The van der Waals surface area contributed by atoms with Gasteiger partial charge in [0.1, 0.15) is 0 Å². The predicted molar refractivity (Wildman–Crippen MR) is 84.0 cm³/mol. The van der Waals surface area contributed by atoms with Gasteiger partial charge >= 0.3 is 0 Å². The van der Waals surface area contributed by atoms with Crippen molar-refractivity contribution in [2.45, 2.75) is 6.92 Å². The number of thiophene rings is 1. The molecule has 1 heterocycles. The second kappa shape index (κ2) is 5.65. The zero-order chi connectivity index (χ0) is 13.0. The first-order valence-corrected chi connectivity index (χ1v) is 6.71. The maximum Gasteiger partial charge on any atom is 0.0355 e. The fourth-order valence-electron chi connectivity index (χ4n) is 1.82. The van der Waals surface area contributed by atoms with Crippen molar-refractivity contribution in [2.24, 2.45) is 0 Å². The number of fused-ring (bicyclic) bond motifs is 1. The number of allylic oxidation sites excluding steroid dienone is 6. The zero-order valence-corrected chi connectivity index (χ0v) is 11.3. The van der Waals surface area contributed by atoms with E-state index in [2.05, 4.69) is 49.6 Å². The molecule has 18 heavy (non-hydrogen) atoms. The normalized spacial score (nSPS) is 12.2. The molecule has 0 N–H and O–H groups in total. The van der Waals surface area contributed by atoms with Gasteiger partial charge in [0, 0.05) is 9.58 Å². The molecule has 0 saturated heterocycles. The van der Waals surface area contributed by atoms with Gasteiger partial charge in [0.05, 0.1) is 0 Å². The van der Waals surface area contributed by atoms with Gasteiger partial charge in [-0.3, -0.25) is 0 Å². The molecule has 1 heteroatoms. The smallest absolute Gasteiger partial charge is 0.0355 e. The lowest BCUT2D eigenvalue weighted by Crippen LogP contribution is -1.81. The Labute approximate surface area is 112 Å². The Morgan fingerprint density at radius 3 is 2.72 bits per heavy atom. The Kier molecular flexibility index (Phi) is 3.96. The van der Waals surface area contributed by atoms with Crippen LogP contribution in [0.3, 0.4) is 0 Å². The van der Waals surface area contributed by atoms with E-state index >= 15 is 0 Å². The molecule has 0 radical (unpaired) electrons. The summed E-state index contributed by atoms with van der Waals surface area (Å²) in [6.07, 6.45) is 7.84. The van der Waals surface area contributed by atoms with Gasteiger partial charge in [-0.1, -0.05) is 55.7 Å². The number of rotatable bonds is 4. The second-order valence-corrected chi connectivity index (χ2v) is 5.05. The van der Waals surface area contributed by atoms with E-state index in [0.717, 1.165) is 11.1 Å². The molecule has 0 aliphatic heterocycles. The minimum absolute atomic E-state index is 1.07. The lowest BCUT2D eigenvalue weighted by Gasteiger charge is -2.02. The average molecular weight is 252 g/mol. The molecule has 0 nitrogen and oxygen atoms in total. The summed E-state index contributed by atoms with van der Waals surface area (Å²) in [6.45, 7) is 9.92. The van der Waals surface area contributed by atoms with Gasteiger partial charge in [-0.25, -0.2) is 0 Å². The summed E-state index contributed by atoms with van der Waals surface area (Å²) in [4.78, 5) is 1.22. The molecular weight excluding hydrogens is 236 g/mol. The van der Waals surface area contributed by atoms with E-state index in [1.807, 2.05) is 19.1 Å². The molecule has 0 aliphatic carbocycles. The maximum absolute atomic E-state index is 4.20. The molecule has 0 atom stereocenters. The second-order valence-electron chi connectivity index (χ2n) is 3.97. The fourth-order valence-corrected chi connectivity index (χ4v) is 2.87. The van der Waals surface area contributed by atoms with E-state index in [-0.39, 0.29) is 0 Å². The SMILES string of the molecule is C=C/C=C\C(=C/C)C(=C)c1cc2ccccc2s1. The quantitative estimate of drug-likeness (QED) is 0.621. The summed E-state index contributed by atoms with van der Waals surface area (Å²) in [5.74, 6) is 0. The van der Waals surface area contributed by atoms with Gasteiger partial charge in [-0.05, 0) is 35.6 Å². The number of hydrogen-bond acceptors (Lipinski definition) is 1. The van der Waals surface area contributed by atoms with Gasteiger partial charge in [0.2, 0.25) is 0 Å². The summed E-state index contributed by atoms with van der Waals surface area (Å²) in [5, 5.41) is 1.28. The first-order chi connectivity index (χ1) is 8.76. The molecule has 0 unspecified atom stereocenters. The van der Waals surface area contributed by atoms with Crippen LogP contribution in [0.4, 0.5) is 0 Å². The van der Waals surface area contributed by atoms with Crippen LogP contribution < -0.4 is 0 Å². The van der Waals surface area contributed by atoms with Crippen LogP contribution in [0.1, 0.15) is 11.8 Å². The van der Waals surface area contributed by atoms with Crippen LogP contribution in [0.15, 0.2) is 73.4 Å².